The molecule has 0 bridgehead atoms. The van der Waals surface area contributed by atoms with Crippen molar-refractivity contribution in [3.63, 3.8) is 0 Å². The second-order valence-corrected chi connectivity index (χ2v) is 19.2. The molecule has 0 saturated carbocycles. The first-order valence-corrected chi connectivity index (χ1v) is 24.4. The van der Waals surface area contributed by atoms with E-state index in [1.54, 1.807) is 58.0 Å². The molecule has 0 radical (unpaired) electrons. The number of nitrogens with one attached hydrogen (secondary N) is 6. The molecule has 2 unspecified atom stereocenters. The highest BCUT2D eigenvalue weighted by Gasteiger charge is 2.59. The molecule has 7 amide bonds. The molecule has 0 aliphatic carbocycles. The Labute approximate surface area is 429 Å². The molecule has 0 spiro atoms. The number of H-pyrrole nitrogens is 1. The van der Waals surface area contributed by atoms with E-state index in [1.807, 2.05) is 4.98 Å². The van der Waals surface area contributed by atoms with Crippen molar-refractivity contribution in [2.24, 2.45) is 28.3 Å². The Balaban J connectivity index is 1.27. The van der Waals surface area contributed by atoms with Gasteiger partial charge in [-0.15, -0.1) is 0 Å². The van der Waals surface area contributed by atoms with Crippen LogP contribution in [-0.4, -0.2) is 205 Å². The van der Waals surface area contributed by atoms with Crippen LogP contribution < -0.4 is 49.3 Å². The maximum absolute atomic E-state index is 14.8. The smallest absolute Gasteiger partial charge is 0.330 e. The lowest BCUT2D eigenvalue weighted by atomic mass is 9.97. The Bertz CT molecular complexity index is 2500. The van der Waals surface area contributed by atoms with E-state index in [9.17, 15) is 63.9 Å². The number of guanidine groups is 1. The van der Waals surface area contributed by atoms with Crippen molar-refractivity contribution < 1.29 is 73.2 Å². The van der Waals surface area contributed by atoms with Crippen LogP contribution in [0.2, 0.25) is 0 Å². The molecule has 414 valence electrons. The number of aliphatic hydroxyl groups excluding tert-OH is 4. The van der Waals surface area contributed by atoms with Crippen LogP contribution in [0.5, 0.6) is 0 Å². The number of imide groups is 1. The van der Waals surface area contributed by atoms with Crippen LogP contribution in [-0.2, 0) is 44.7 Å². The predicted molar refractivity (Wildman–Crippen MR) is 260 cm³/mol. The van der Waals surface area contributed by atoms with Crippen LogP contribution in [0.3, 0.4) is 0 Å². The number of nitrogens with two attached hydrogens (primary N) is 2. The zero-order valence-electron chi connectivity index (χ0n) is 41.9. The number of carboxylic acids is 1. The molecule has 1 aromatic carbocycles. The molecule has 1 aromatic heterocycles. The minimum absolute atomic E-state index is 0.0451. The third-order valence-corrected chi connectivity index (χ3v) is 13.4. The van der Waals surface area contributed by atoms with E-state index in [-0.39, 0.29) is 51.5 Å². The number of methoxy groups -OCH3 is 1. The van der Waals surface area contributed by atoms with Gasteiger partial charge in [0.1, 0.15) is 66.9 Å². The maximum Gasteiger partial charge on any atom is 0.330 e. The zero-order chi connectivity index (χ0) is 55.0. The SMILES string of the molecule is CO[C@H]1[C@H](OC(C2C(=O)N(Cc3ccccc3)C(=O)N2CCCNC(=O)[C@@H](NC(=O)[C@@H](NC(=O)N[C@H](C(=O)O)C(C)C)[C@@H]2CCN=C(N)N2)[C@@H](O)C(C)C)[C@H]2O[C@@H](n3ccc(=O)[nH]c3=O)[C@H](O)[C@@H]2O)O[C@H](CN)[C@H]1O. The summed E-state index contributed by atoms with van der Waals surface area (Å²) in [6.07, 6.45) is -14.7. The first kappa shape index (κ1) is 57.7. The molecular weight excluding hydrogens is 993 g/mol. The molecule has 15 N–H and O–H groups in total. The highest BCUT2D eigenvalue weighted by Crippen LogP contribution is 2.38. The van der Waals surface area contributed by atoms with Crippen LogP contribution in [0.15, 0.2) is 57.2 Å². The van der Waals surface area contributed by atoms with E-state index in [0.717, 1.165) is 26.6 Å². The molecule has 3 fully saturated rings. The average Bonchev–Trinajstić information content (AvgIpc) is 3.93. The normalized spacial score (nSPS) is 27.8. The van der Waals surface area contributed by atoms with Crippen molar-refractivity contribution >= 4 is 41.7 Å². The van der Waals surface area contributed by atoms with Crippen LogP contribution in [0.1, 0.15) is 52.3 Å². The Morgan fingerprint density at radius 3 is 2.24 bits per heavy atom. The van der Waals surface area contributed by atoms with Gasteiger partial charge in [-0.05, 0) is 30.2 Å². The number of hydrogen-bond acceptors (Lipinski definition) is 20. The summed E-state index contributed by atoms with van der Waals surface area (Å²) in [5.41, 5.74) is 10.5. The van der Waals surface area contributed by atoms with Gasteiger partial charge in [0, 0.05) is 45.6 Å². The number of aliphatic hydroxyl groups is 4. The summed E-state index contributed by atoms with van der Waals surface area (Å²) < 4.78 is 24.8. The van der Waals surface area contributed by atoms with Crippen LogP contribution in [0.25, 0.3) is 0 Å². The first-order valence-electron chi connectivity index (χ1n) is 24.4. The third kappa shape index (κ3) is 13.3. The van der Waals surface area contributed by atoms with Gasteiger partial charge in [0.25, 0.3) is 11.5 Å². The number of carbonyl (C=O) groups excluding carboxylic acids is 5. The summed E-state index contributed by atoms with van der Waals surface area (Å²) in [5, 5.41) is 67.9. The number of nitrogens with zero attached hydrogens (tertiary/aromatic N) is 4. The molecule has 15 atom stereocenters. The monoisotopic (exact) mass is 1060 g/mol. The van der Waals surface area contributed by atoms with Crippen molar-refractivity contribution in [2.75, 3.05) is 33.3 Å². The fourth-order valence-electron chi connectivity index (χ4n) is 9.26. The summed E-state index contributed by atoms with van der Waals surface area (Å²) in [6, 6.07) is 0.434. The van der Waals surface area contributed by atoms with Crippen LogP contribution in [0.4, 0.5) is 9.59 Å². The fourth-order valence-corrected chi connectivity index (χ4v) is 9.26. The molecule has 6 rings (SSSR count). The van der Waals surface area contributed by atoms with Gasteiger partial charge >= 0.3 is 23.7 Å². The van der Waals surface area contributed by atoms with Crippen molar-refractivity contribution in [1.82, 2.24) is 45.9 Å². The van der Waals surface area contributed by atoms with Gasteiger partial charge in [-0.1, -0.05) is 58.0 Å². The molecule has 4 aliphatic heterocycles. The molecule has 29 nitrogen and oxygen atoms in total. The Morgan fingerprint density at radius 2 is 1.63 bits per heavy atom. The lowest BCUT2D eigenvalue weighted by molar-refractivity contribution is -0.233. The summed E-state index contributed by atoms with van der Waals surface area (Å²) in [5.74, 6) is -5.28. The summed E-state index contributed by atoms with van der Waals surface area (Å²) in [6.45, 7) is 5.39. The molecule has 5 heterocycles. The molecular formula is C46H68N12O17. The Morgan fingerprint density at radius 1 is 0.920 bits per heavy atom. The third-order valence-electron chi connectivity index (χ3n) is 13.4. The quantitative estimate of drug-likeness (QED) is 0.0366. The second kappa shape index (κ2) is 25.3. The number of rotatable bonds is 23. The Kier molecular flexibility index (Phi) is 19.5. The van der Waals surface area contributed by atoms with Crippen molar-refractivity contribution in [3.8, 4) is 0 Å². The van der Waals surface area contributed by atoms with Gasteiger partial charge in [-0.2, -0.15) is 0 Å². The van der Waals surface area contributed by atoms with E-state index in [2.05, 4.69) is 31.6 Å². The zero-order valence-corrected chi connectivity index (χ0v) is 41.9. The van der Waals surface area contributed by atoms with Crippen molar-refractivity contribution in [1.29, 1.82) is 0 Å². The lowest BCUT2D eigenvalue weighted by Crippen LogP contribution is -2.66. The number of amides is 7. The minimum Gasteiger partial charge on any atom is -0.480 e. The lowest BCUT2D eigenvalue weighted by Gasteiger charge is -2.36. The molecule has 2 aromatic rings. The van der Waals surface area contributed by atoms with E-state index in [0.29, 0.717) is 5.56 Å². The second-order valence-electron chi connectivity index (χ2n) is 19.2. The van der Waals surface area contributed by atoms with Gasteiger partial charge in [-0.25, -0.2) is 19.2 Å². The highest BCUT2D eigenvalue weighted by atomic mass is 16.7. The van der Waals surface area contributed by atoms with E-state index in [1.165, 1.54) is 7.11 Å². The van der Waals surface area contributed by atoms with Crippen LogP contribution in [0, 0.1) is 11.8 Å². The largest absolute Gasteiger partial charge is 0.480 e. The number of hydrogen-bond donors (Lipinski definition) is 13. The minimum atomic E-state index is -1.95. The van der Waals surface area contributed by atoms with Crippen molar-refractivity contribution in [3.05, 3.63) is 69.0 Å². The molecule has 75 heavy (non-hydrogen) atoms. The van der Waals surface area contributed by atoms with Gasteiger partial charge in [0.15, 0.2) is 18.5 Å². The number of aliphatic carboxylic acids is 1. The molecule has 4 aliphatic rings. The Hall–Kier alpha value is -6.57. The number of aromatic amines is 1. The number of aromatic nitrogens is 2. The average molecular weight is 1060 g/mol. The maximum atomic E-state index is 14.8. The van der Waals surface area contributed by atoms with Crippen molar-refractivity contribution in [2.45, 2.75) is 139 Å². The molecule has 3 saturated heterocycles. The van der Waals surface area contributed by atoms with E-state index in [4.69, 9.17) is 30.4 Å². The highest BCUT2D eigenvalue weighted by molar-refractivity contribution is 6.04. The summed E-state index contributed by atoms with van der Waals surface area (Å²) in [4.78, 5) is 116. The van der Waals surface area contributed by atoms with E-state index < -0.39 is 150 Å². The van der Waals surface area contributed by atoms with E-state index >= 15 is 0 Å². The fraction of sp³-hybridized carbons (Fsp3) is 0.630. The number of benzene rings is 1. The standard InChI is InChI=1S/C46H68N12O17/c1-20(2)26(41(67)68)54-44(69)55-27(23-12-15-50-43(48)51-23)38(65)53-28(30(60)21(3)4)37(64)49-14-9-16-56-29(39(66)58(46(56)71)19-22-10-7-6-8-11-22)34(75-42-36(72-5)31(61)24(18-47)73-42)35-32(62)33(63)40(74-35)57-17-13-25(59)52-45(57)70/h6-8,10-11,13,17,20-21,23-24,26-36,40,42,60-63H,9,12,14-16,18-19,47H2,1-5H3,(H,49,64)(H,53,65)(H,67,68)(H3,48,50,51)(H,52,59,70)(H2,54,55,69)/t23-,24+,26-,27-,28-,29?,30-,31+,32-,33+,34?,35-,36+,40+,42-/m0/s1. The summed E-state index contributed by atoms with van der Waals surface area (Å²) >= 11 is 0. The number of carboxylic acid groups (broad SMARTS) is 1. The number of urea groups is 2. The number of aliphatic imine (C=N–C) groups is 1. The molecule has 29 heteroatoms. The summed E-state index contributed by atoms with van der Waals surface area (Å²) in [7, 11) is 1.24. The van der Waals surface area contributed by atoms with Gasteiger partial charge in [-0.3, -0.25) is 38.6 Å². The van der Waals surface area contributed by atoms with Gasteiger partial charge in [0.05, 0.1) is 18.7 Å². The van der Waals surface area contributed by atoms with Gasteiger partial charge in [0.2, 0.25) is 11.8 Å². The predicted octanol–water partition coefficient (Wildman–Crippen LogP) is -5.10. The van der Waals surface area contributed by atoms with Crippen LogP contribution >= 0.6 is 0 Å². The first-order chi connectivity index (χ1) is 35.6. The topological polar surface area (TPSA) is 426 Å². The number of ether oxygens (including phenoxy) is 4. The number of carbonyl (C=O) groups is 6. The van der Waals surface area contributed by atoms with Gasteiger partial charge < -0.3 is 87.4 Å².